The van der Waals surface area contributed by atoms with Gasteiger partial charge in [0.1, 0.15) is 11.5 Å². The number of carboxylic acid groups (broad SMARTS) is 1. The normalized spacial score (nSPS) is 18.2. The Morgan fingerprint density at radius 3 is 2.45 bits per heavy atom. The average molecular weight is 279 g/mol. The summed E-state index contributed by atoms with van der Waals surface area (Å²) in [7, 11) is 0. The van der Waals surface area contributed by atoms with Crippen molar-refractivity contribution in [1.82, 2.24) is 4.90 Å². The standard InChI is InChI=1S/C14H17NO5/c16-11-5-10(6-12(17)7-11)14(20)15-4-3-9(8-15)1-2-13(18)19/h5-7,9,16-17H,1-4,8H2,(H,18,19). The number of rotatable bonds is 4. The van der Waals surface area contributed by atoms with Crippen molar-refractivity contribution in [2.45, 2.75) is 19.3 Å². The number of hydrogen-bond donors (Lipinski definition) is 3. The predicted octanol–water partition coefficient (Wildman–Crippen LogP) is 1.42. The lowest BCUT2D eigenvalue weighted by Crippen LogP contribution is -2.28. The minimum atomic E-state index is -0.826. The van der Waals surface area contributed by atoms with E-state index in [4.69, 9.17) is 5.11 Å². The first-order valence-electron chi connectivity index (χ1n) is 6.50. The molecule has 108 valence electrons. The van der Waals surface area contributed by atoms with E-state index in [-0.39, 0.29) is 35.3 Å². The van der Waals surface area contributed by atoms with E-state index < -0.39 is 5.97 Å². The molecule has 3 N–H and O–H groups in total. The first-order valence-corrected chi connectivity index (χ1v) is 6.50. The largest absolute Gasteiger partial charge is 0.508 e. The second-order valence-electron chi connectivity index (χ2n) is 5.08. The first-order chi connectivity index (χ1) is 9.45. The van der Waals surface area contributed by atoms with E-state index in [9.17, 15) is 19.8 Å². The Morgan fingerprint density at radius 1 is 1.20 bits per heavy atom. The molecule has 1 aliphatic heterocycles. The minimum absolute atomic E-state index is 0.111. The Bertz CT molecular complexity index is 508. The Balaban J connectivity index is 1.98. The van der Waals surface area contributed by atoms with Gasteiger partial charge in [-0.1, -0.05) is 0 Å². The van der Waals surface area contributed by atoms with E-state index in [0.29, 0.717) is 19.5 Å². The van der Waals surface area contributed by atoms with Crippen LogP contribution in [0.1, 0.15) is 29.6 Å². The molecule has 0 aromatic heterocycles. The summed E-state index contributed by atoms with van der Waals surface area (Å²) in [6, 6.07) is 3.79. The highest BCUT2D eigenvalue weighted by Crippen LogP contribution is 2.25. The first kappa shape index (κ1) is 14.2. The number of phenols is 2. The summed E-state index contributed by atoms with van der Waals surface area (Å²) in [5, 5.41) is 27.4. The van der Waals surface area contributed by atoms with Crippen LogP contribution < -0.4 is 0 Å². The average Bonchev–Trinajstić information content (AvgIpc) is 2.83. The molecule has 20 heavy (non-hydrogen) atoms. The van der Waals surface area contributed by atoms with E-state index in [1.54, 1.807) is 4.90 Å². The van der Waals surface area contributed by atoms with Crippen LogP contribution in [0.2, 0.25) is 0 Å². The fraction of sp³-hybridized carbons (Fsp3) is 0.429. The molecule has 1 saturated heterocycles. The van der Waals surface area contributed by atoms with Crippen molar-refractivity contribution in [3.8, 4) is 11.5 Å². The molecule has 6 nitrogen and oxygen atoms in total. The lowest BCUT2D eigenvalue weighted by molar-refractivity contribution is -0.137. The zero-order chi connectivity index (χ0) is 14.7. The highest BCUT2D eigenvalue weighted by Gasteiger charge is 2.27. The van der Waals surface area contributed by atoms with Gasteiger partial charge < -0.3 is 20.2 Å². The van der Waals surface area contributed by atoms with Gasteiger partial charge in [0.15, 0.2) is 0 Å². The van der Waals surface area contributed by atoms with Crippen LogP contribution in [0.4, 0.5) is 0 Å². The lowest BCUT2D eigenvalue weighted by atomic mass is 10.0. The van der Waals surface area contributed by atoms with Crippen LogP contribution in [-0.4, -0.2) is 45.2 Å². The predicted molar refractivity (Wildman–Crippen MR) is 70.7 cm³/mol. The molecule has 6 heteroatoms. The third-order valence-corrected chi connectivity index (χ3v) is 3.49. The van der Waals surface area contributed by atoms with Crippen molar-refractivity contribution >= 4 is 11.9 Å². The molecule has 1 aliphatic rings. The zero-order valence-electron chi connectivity index (χ0n) is 11.0. The van der Waals surface area contributed by atoms with Crippen molar-refractivity contribution < 1.29 is 24.9 Å². The summed E-state index contributed by atoms with van der Waals surface area (Å²) >= 11 is 0. The van der Waals surface area contributed by atoms with E-state index in [1.807, 2.05) is 0 Å². The van der Waals surface area contributed by atoms with E-state index in [0.717, 1.165) is 12.5 Å². The molecule has 1 heterocycles. The van der Waals surface area contributed by atoms with Crippen molar-refractivity contribution in [2.24, 2.45) is 5.92 Å². The number of aliphatic carboxylic acids is 1. The number of carbonyl (C=O) groups excluding carboxylic acids is 1. The fourth-order valence-corrected chi connectivity index (χ4v) is 2.48. The Morgan fingerprint density at radius 2 is 1.85 bits per heavy atom. The Hall–Kier alpha value is -2.24. The van der Waals surface area contributed by atoms with Crippen LogP contribution >= 0.6 is 0 Å². The molecule has 2 rings (SSSR count). The van der Waals surface area contributed by atoms with Crippen LogP contribution in [0.3, 0.4) is 0 Å². The molecule has 0 spiro atoms. The molecule has 1 aromatic rings. The summed E-state index contributed by atoms with van der Waals surface area (Å²) in [6.07, 6.45) is 1.45. The van der Waals surface area contributed by atoms with E-state index >= 15 is 0 Å². The third-order valence-electron chi connectivity index (χ3n) is 3.49. The molecule has 1 amide bonds. The number of phenolic OH excluding ortho intramolecular Hbond substituents is 2. The van der Waals surface area contributed by atoms with Crippen molar-refractivity contribution in [1.29, 1.82) is 0 Å². The van der Waals surface area contributed by atoms with Crippen LogP contribution in [0, 0.1) is 5.92 Å². The van der Waals surface area contributed by atoms with Gasteiger partial charge in [-0.05, 0) is 30.9 Å². The number of hydrogen-bond acceptors (Lipinski definition) is 4. The second-order valence-corrected chi connectivity index (χ2v) is 5.08. The summed E-state index contributed by atoms with van der Waals surface area (Å²) < 4.78 is 0. The van der Waals surface area contributed by atoms with Crippen LogP contribution in [0.15, 0.2) is 18.2 Å². The Labute approximate surface area is 116 Å². The van der Waals surface area contributed by atoms with E-state index in [2.05, 4.69) is 0 Å². The van der Waals surface area contributed by atoms with Gasteiger partial charge in [0.2, 0.25) is 0 Å². The molecule has 0 bridgehead atoms. The van der Waals surface area contributed by atoms with Gasteiger partial charge in [-0.2, -0.15) is 0 Å². The monoisotopic (exact) mass is 279 g/mol. The number of carbonyl (C=O) groups is 2. The topological polar surface area (TPSA) is 98.1 Å². The van der Waals surface area contributed by atoms with Gasteiger partial charge in [0, 0.05) is 31.1 Å². The minimum Gasteiger partial charge on any atom is -0.508 e. The van der Waals surface area contributed by atoms with Gasteiger partial charge in [-0.15, -0.1) is 0 Å². The maximum absolute atomic E-state index is 12.2. The molecule has 1 atom stereocenters. The van der Waals surface area contributed by atoms with Gasteiger partial charge in [0.05, 0.1) is 0 Å². The molecule has 0 aliphatic carbocycles. The smallest absolute Gasteiger partial charge is 0.303 e. The van der Waals surface area contributed by atoms with Gasteiger partial charge >= 0.3 is 5.97 Å². The second kappa shape index (κ2) is 5.81. The highest BCUT2D eigenvalue weighted by atomic mass is 16.4. The number of nitrogens with zero attached hydrogens (tertiary/aromatic N) is 1. The van der Waals surface area contributed by atoms with Crippen molar-refractivity contribution in [3.05, 3.63) is 23.8 Å². The number of benzene rings is 1. The third kappa shape index (κ3) is 3.40. The molecule has 1 fully saturated rings. The SMILES string of the molecule is O=C(O)CCC1CCN(C(=O)c2cc(O)cc(O)c2)C1. The number of amides is 1. The summed E-state index contributed by atoms with van der Waals surface area (Å²) in [4.78, 5) is 24.4. The van der Waals surface area contributed by atoms with E-state index in [1.165, 1.54) is 12.1 Å². The number of carboxylic acids is 1. The van der Waals surface area contributed by atoms with Crippen LogP contribution in [-0.2, 0) is 4.79 Å². The molecular weight excluding hydrogens is 262 g/mol. The fourth-order valence-electron chi connectivity index (χ4n) is 2.48. The van der Waals surface area contributed by atoms with Gasteiger partial charge in [-0.3, -0.25) is 9.59 Å². The number of likely N-dealkylation sites (tertiary alicyclic amines) is 1. The van der Waals surface area contributed by atoms with Crippen LogP contribution in [0.25, 0.3) is 0 Å². The quantitative estimate of drug-likeness (QED) is 0.774. The van der Waals surface area contributed by atoms with Crippen molar-refractivity contribution in [2.75, 3.05) is 13.1 Å². The summed E-state index contributed by atoms with van der Waals surface area (Å²) in [5.41, 5.74) is 0.237. The molecule has 0 radical (unpaired) electrons. The van der Waals surface area contributed by atoms with Gasteiger partial charge in [-0.25, -0.2) is 0 Å². The van der Waals surface area contributed by atoms with Crippen LogP contribution in [0.5, 0.6) is 11.5 Å². The maximum atomic E-state index is 12.2. The molecule has 1 aromatic carbocycles. The van der Waals surface area contributed by atoms with Gasteiger partial charge in [0.25, 0.3) is 5.91 Å². The highest BCUT2D eigenvalue weighted by molar-refractivity contribution is 5.95. The summed E-state index contributed by atoms with van der Waals surface area (Å²) in [5.74, 6) is -1.20. The maximum Gasteiger partial charge on any atom is 0.303 e. The Kier molecular flexibility index (Phi) is 4.12. The van der Waals surface area contributed by atoms with Crippen molar-refractivity contribution in [3.63, 3.8) is 0 Å². The zero-order valence-corrected chi connectivity index (χ0v) is 11.0. The lowest BCUT2D eigenvalue weighted by Gasteiger charge is -2.16. The molecule has 0 saturated carbocycles. The summed E-state index contributed by atoms with van der Waals surface area (Å²) in [6.45, 7) is 1.09. The molecular formula is C14H17NO5. The number of aromatic hydroxyl groups is 2. The molecule has 1 unspecified atom stereocenters.